The Hall–Kier alpha value is -2.99. The predicted molar refractivity (Wildman–Crippen MR) is 100 cm³/mol. The first-order chi connectivity index (χ1) is 13.2. The molecule has 0 saturated carbocycles. The monoisotopic (exact) mass is 363 g/mol. The topological polar surface area (TPSA) is 82.5 Å². The molecule has 2 aromatic rings. The van der Waals surface area contributed by atoms with E-state index in [1.165, 1.54) is 0 Å². The predicted octanol–water partition coefficient (Wildman–Crippen LogP) is 1.14. The van der Waals surface area contributed by atoms with Crippen LogP contribution in [-0.2, 0) is 13.0 Å². The van der Waals surface area contributed by atoms with E-state index in [2.05, 4.69) is 17.1 Å². The zero-order valence-electron chi connectivity index (χ0n) is 14.9. The van der Waals surface area contributed by atoms with Crippen LogP contribution in [0.3, 0.4) is 0 Å². The van der Waals surface area contributed by atoms with Crippen molar-refractivity contribution in [3.63, 3.8) is 0 Å². The van der Waals surface area contributed by atoms with E-state index < -0.39 is 5.91 Å². The van der Waals surface area contributed by atoms with Crippen molar-refractivity contribution < 1.29 is 14.8 Å². The van der Waals surface area contributed by atoms with E-state index in [9.17, 15) is 9.59 Å². The molecule has 4 rings (SSSR count). The third kappa shape index (κ3) is 3.48. The molecule has 0 spiro atoms. The first kappa shape index (κ1) is 17.4. The summed E-state index contributed by atoms with van der Waals surface area (Å²) in [5, 5.41) is 10.8. The van der Waals surface area contributed by atoms with Gasteiger partial charge in [0.1, 0.15) is 0 Å². The lowest BCUT2D eigenvalue weighted by molar-refractivity contribution is 0.0705. The summed E-state index contributed by atoms with van der Waals surface area (Å²) < 4.78 is 0. The Morgan fingerprint density at radius 3 is 2.78 bits per heavy atom. The molecule has 1 aliphatic carbocycles. The van der Waals surface area contributed by atoms with Gasteiger partial charge in [-0.2, -0.15) is 0 Å². The fourth-order valence-corrected chi connectivity index (χ4v) is 3.72. The molecule has 0 radical (unpaired) electrons. The quantitative estimate of drug-likeness (QED) is 0.619. The summed E-state index contributed by atoms with van der Waals surface area (Å²) >= 11 is 0. The number of aromatic nitrogens is 1. The van der Waals surface area contributed by atoms with Gasteiger partial charge in [-0.25, -0.2) is 5.48 Å². The minimum atomic E-state index is -0.525. The van der Waals surface area contributed by atoms with Crippen LogP contribution in [0.5, 0.6) is 0 Å². The number of nitrogens with one attached hydrogen (secondary N) is 1. The van der Waals surface area contributed by atoms with Gasteiger partial charge >= 0.3 is 0 Å². The Labute approximate surface area is 156 Å². The summed E-state index contributed by atoms with van der Waals surface area (Å²) in [6.45, 7) is 1.16. The number of hydrogen-bond donors (Lipinski definition) is 2. The van der Waals surface area contributed by atoms with Crippen LogP contribution in [0.2, 0.25) is 0 Å². The SMILES string of the molecule is O=C(NO)c1ccc2c(c1)CCCN(C(=O)c1cnc3c(c1)=CCCC=3)C2. The van der Waals surface area contributed by atoms with Gasteiger partial charge in [-0.15, -0.1) is 0 Å². The summed E-state index contributed by atoms with van der Waals surface area (Å²) in [7, 11) is 0. The fraction of sp³-hybridized carbons (Fsp3) is 0.286. The minimum Gasteiger partial charge on any atom is -0.334 e. The van der Waals surface area contributed by atoms with Gasteiger partial charge < -0.3 is 4.90 Å². The molecule has 0 unspecified atom stereocenters. The van der Waals surface area contributed by atoms with Crippen molar-refractivity contribution in [3.05, 3.63) is 63.3 Å². The largest absolute Gasteiger partial charge is 0.334 e. The molecule has 0 bridgehead atoms. The van der Waals surface area contributed by atoms with Crippen molar-refractivity contribution in [1.82, 2.24) is 15.4 Å². The number of rotatable bonds is 2. The molecule has 6 nitrogen and oxygen atoms in total. The third-order valence-corrected chi connectivity index (χ3v) is 5.16. The lowest BCUT2D eigenvalue weighted by Crippen LogP contribution is -2.35. The van der Waals surface area contributed by atoms with Crippen molar-refractivity contribution >= 4 is 24.0 Å². The van der Waals surface area contributed by atoms with Crippen molar-refractivity contribution in [1.29, 1.82) is 0 Å². The van der Waals surface area contributed by atoms with Crippen LogP contribution < -0.4 is 16.0 Å². The zero-order chi connectivity index (χ0) is 18.8. The lowest BCUT2D eigenvalue weighted by Gasteiger charge is -2.21. The maximum atomic E-state index is 13.0. The van der Waals surface area contributed by atoms with Crippen LogP contribution in [0, 0.1) is 0 Å². The molecule has 6 heteroatoms. The molecule has 0 atom stereocenters. The number of hydroxylamine groups is 1. The number of pyridine rings is 1. The van der Waals surface area contributed by atoms with E-state index in [-0.39, 0.29) is 5.91 Å². The Morgan fingerprint density at radius 2 is 1.93 bits per heavy atom. The number of aryl methyl sites for hydroxylation is 1. The van der Waals surface area contributed by atoms with Gasteiger partial charge in [0.25, 0.3) is 11.8 Å². The number of carbonyl (C=O) groups excluding carboxylic acids is 2. The highest BCUT2D eigenvalue weighted by Crippen LogP contribution is 2.21. The number of nitrogens with zero attached hydrogens (tertiary/aromatic N) is 2. The van der Waals surface area contributed by atoms with Crippen LogP contribution >= 0.6 is 0 Å². The lowest BCUT2D eigenvalue weighted by atomic mass is 10.0. The number of fused-ring (bicyclic) bond motifs is 2. The normalized spacial score (nSPS) is 15.5. The van der Waals surface area contributed by atoms with Crippen molar-refractivity contribution in [2.24, 2.45) is 0 Å². The maximum absolute atomic E-state index is 13.0. The third-order valence-electron chi connectivity index (χ3n) is 5.16. The summed E-state index contributed by atoms with van der Waals surface area (Å²) in [5.74, 6) is -0.544. The Bertz CT molecular complexity index is 1030. The number of hydrogen-bond acceptors (Lipinski definition) is 4. The average Bonchev–Trinajstić information content (AvgIpc) is 2.94. The fourth-order valence-electron chi connectivity index (χ4n) is 3.72. The van der Waals surface area contributed by atoms with Crippen LogP contribution in [-0.4, -0.2) is 33.5 Å². The highest BCUT2D eigenvalue weighted by Gasteiger charge is 2.21. The van der Waals surface area contributed by atoms with E-state index in [1.54, 1.807) is 23.8 Å². The second kappa shape index (κ2) is 7.32. The summed E-state index contributed by atoms with van der Waals surface area (Å²) in [6, 6.07) is 7.25. The molecule has 2 N–H and O–H groups in total. The molecule has 1 aliphatic heterocycles. The first-order valence-electron chi connectivity index (χ1n) is 9.17. The second-order valence-corrected chi connectivity index (χ2v) is 6.94. The molecule has 1 aromatic carbocycles. The van der Waals surface area contributed by atoms with Crippen LogP contribution in [0.4, 0.5) is 0 Å². The van der Waals surface area contributed by atoms with Gasteiger partial charge in [-0.3, -0.25) is 19.8 Å². The van der Waals surface area contributed by atoms with E-state index in [0.29, 0.717) is 24.2 Å². The second-order valence-electron chi connectivity index (χ2n) is 6.94. The molecule has 138 valence electrons. The van der Waals surface area contributed by atoms with E-state index in [4.69, 9.17) is 5.21 Å². The van der Waals surface area contributed by atoms with Gasteiger partial charge in [0.15, 0.2) is 0 Å². The first-order valence-corrected chi connectivity index (χ1v) is 9.17. The summed E-state index contributed by atoms with van der Waals surface area (Å²) in [4.78, 5) is 30.9. The zero-order valence-corrected chi connectivity index (χ0v) is 14.9. The molecule has 2 heterocycles. The van der Waals surface area contributed by atoms with Gasteiger partial charge in [-0.05, 0) is 60.2 Å². The van der Waals surface area contributed by atoms with Gasteiger partial charge in [0, 0.05) is 24.8 Å². The molecule has 0 fully saturated rings. The van der Waals surface area contributed by atoms with Crippen LogP contribution in [0.15, 0.2) is 30.5 Å². The maximum Gasteiger partial charge on any atom is 0.274 e. The summed E-state index contributed by atoms with van der Waals surface area (Å²) in [5.41, 5.74) is 4.76. The van der Waals surface area contributed by atoms with Crippen LogP contribution in [0.1, 0.15) is 51.1 Å². The van der Waals surface area contributed by atoms with Gasteiger partial charge in [-0.1, -0.05) is 18.2 Å². The van der Waals surface area contributed by atoms with Crippen molar-refractivity contribution in [2.75, 3.05) is 6.54 Å². The minimum absolute atomic E-state index is 0.0192. The smallest absolute Gasteiger partial charge is 0.274 e. The molecule has 0 saturated heterocycles. The highest BCUT2D eigenvalue weighted by atomic mass is 16.5. The van der Waals surface area contributed by atoms with E-state index in [1.807, 2.05) is 17.0 Å². The standard InChI is InChI=1S/C21H21N3O3/c25-20(23-27)16-7-8-17-13-24(9-3-5-14(17)10-16)21(26)18-11-15-4-1-2-6-19(15)22-12-18/h4,6-8,10-12,27H,1-3,5,9,13H2,(H,23,25). The van der Waals surface area contributed by atoms with Crippen molar-refractivity contribution in [2.45, 2.75) is 32.2 Å². The molecule has 1 aromatic heterocycles. The molecule has 2 aliphatic rings. The van der Waals surface area contributed by atoms with E-state index >= 15 is 0 Å². The Kier molecular flexibility index (Phi) is 4.73. The molecule has 2 amide bonds. The number of amides is 2. The highest BCUT2D eigenvalue weighted by molar-refractivity contribution is 5.94. The van der Waals surface area contributed by atoms with Crippen molar-refractivity contribution in [3.8, 4) is 0 Å². The number of benzene rings is 1. The van der Waals surface area contributed by atoms with E-state index in [0.717, 1.165) is 47.4 Å². The van der Waals surface area contributed by atoms with Gasteiger partial charge in [0.2, 0.25) is 0 Å². The Balaban J connectivity index is 1.60. The summed E-state index contributed by atoms with van der Waals surface area (Å²) in [6.07, 6.45) is 9.48. The van der Waals surface area contributed by atoms with Crippen LogP contribution in [0.25, 0.3) is 12.2 Å². The number of carbonyl (C=O) groups is 2. The molecule has 27 heavy (non-hydrogen) atoms. The molecular formula is C21H21N3O3. The molecular weight excluding hydrogens is 342 g/mol. The average molecular weight is 363 g/mol. The Morgan fingerprint density at radius 1 is 1.07 bits per heavy atom. The van der Waals surface area contributed by atoms with Gasteiger partial charge in [0.05, 0.1) is 10.9 Å².